The third-order valence-corrected chi connectivity index (χ3v) is 2.89. The maximum absolute atomic E-state index is 11.9. The first-order valence-electron chi connectivity index (χ1n) is 4.84. The number of hydrogen-bond donors (Lipinski definition) is 1. The number of carbonyl (C=O) groups excluding carboxylic acids is 1. The number of pyridine rings is 1. The van der Waals surface area contributed by atoms with Crippen LogP contribution in [0, 0.1) is 0 Å². The van der Waals surface area contributed by atoms with Crippen LogP contribution in [0.15, 0.2) is 47.1 Å². The van der Waals surface area contributed by atoms with Gasteiger partial charge in [0.1, 0.15) is 0 Å². The first-order valence-corrected chi connectivity index (χ1v) is 6.01. The minimum atomic E-state index is -0.221. The maximum atomic E-state index is 11.9. The molecule has 3 nitrogen and oxygen atoms in total. The molecule has 0 aliphatic rings. The molecule has 0 saturated heterocycles. The summed E-state index contributed by atoms with van der Waals surface area (Å²) < 4.78 is 0.849. The number of nitrogens with zero attached hydrogens (tertiary/aromatic N) is 1. The minimum Gasteiger partial charge on any atom is -0.319 e. The molecule has 1 N–H and O–H groups in total. The zero-order valence-electron chi connectivity index (χ0n) is 8.65. The van der Waals surface area contributed by atoms with Crippen molar-refractivity contribution in [1.82, 2.24) is 4.98 Å². The molecule has 2 rings (SSSR count). The van der Waals surface area contributed by atoms with Crippen LogP contribution in [0.4, 0.5) is 5.69 Å². The fraction of sp³-hybridized carbons (Fsp3) is 0. The minimum absolute atomic E-state index is 0.221. The fourth-order valence-corrected chi connectivity index (χ4v) is 1.87. The van der Waals surface area contributed by atoms with Crippen LogP contribution < -0.4 is 5.32 Å². The van der Waals surface area contributed by atoms with Crippen LogP contribution >= 0.6 is 27.5 Å². The number of anilines is 1. The van der Waals surface area contributed by atoms with E-state index < -0.39 is 0 Å². The van der Waals surface area contributed by atoms with Gasteiger partial charge in [-0.15, -0.1) is 0 Å². The molecule has 0 fully saturated rings. The molecule has 0 aliphatic heterocycles. The number of rotatable bonds is 2. The quantitative estimate of drug-likeness (QED) is 0.858. The Hall–Kier alpha value is -1.39. The van der Waals surface area contributed by atoms with Gasteiger partial charge in [-0.05, 0) is 30.3 Å². The number of aromatic nitrogens is 1. The molecule has 1 heterocycles. The number of hydrogen-bond acceptors (Lipinski definition) is 2. The van der Waals surface area contributed by atoms with E-state index in [1.807, 2.05) is 6.07 Å². The lowest BCUT2D eigenvalue weighted by molar-refractivity contribution is 0.102. The van der Waals surface area contributed by atoms with Gasteiger partial charge in [0.15, 0.2) is 5.15 Å². The predicted octanol–water partition coefficient (Wildman–Crippen LogP) is 3.75. The van der Waals surface area contributed by atoms with Crippen LogP contribution in [-0.4, -0.2) is 10.9 Å². The summed E-state index contributed by atoms with van der Waals surface area (Å²) in [4.78, 5) is 15.8. The Morgan fingerprint density at radius 2 is 2.12 bits per heavy atom. The van der Waals surface area contributed by atoms with E-state index in [-0.39, 0.29) is 11.1 Å². The molecular weight excluding hydrogens is 304 g/mol. The van der Waals surface area contributed by atoms with Gasteiger partial charge in [-0.1, -0.05) is 33.6 Å². The van der Waals surface area contributed by atoms with E-state index in [0.717, 1.165) is 4.47 Å². The number of amides is 1. The van der Waals surface area contributed by atoms with Gasteiger partial charge in [-0.3, -0.25) is 4.79 Å². The number of halogens is 2. The van der Waals surface area contributed by atoms with Crippen LogP contribution in [0.2, 0.25) is 5.15 Å². The van der Waals surface area contributed by atoms with E-state index in [9.17, 15) is 4.79 Å². The molecule has 2 aromatic rings. The molecule has 0 aliphatic carbocycles. The summed E-state index contributed by atoms with van der Waals surface area (Å²) >= 11 is 9.16. The highest BCUT2D eigenvalue weighted by molar-refractivity contribution is 9.10. The standard InChI is InChI=1S/C12H8BrClN2O/c13-9-4-1-3-8(7-9)12(17)16-10-5-2-6-15-11(10)14/h1-7H,(H,16,17). The van der Waals surface area contributed by atoms with Gasteiger partial charge < -0.3 is 5.32 Å². The molecule has 17 heavy (non-hydrogen) atoms. The maximum Gasteiger partial charge on any atom is 0.255 e. The topological polar surface area (TPSA) is 42.0 Å². The third kappa shape index (κ3) is 3.05. The first kappa shape index (κ1) is 12.1. The normalized spacial score (nSPS) is 10.0. The zero-order valence-corrected chi connectivity index (χ0v) is 11.0. The van der Waals surface area contributed by atoms with E-state index in [2.05, 4.69) is 26.2 Å². The van der Waals surface area contributed by atoms with Crippen molar-refractivity contribution < 1.29 is 4.79 Å². The molecule has 0 atom stereocenters. The van der Waals surface area contributed by atoms with Gasteiger partial charge in [0.2, 0.25) is 0 Å². The SMILES string of the molecule is O=C(Nc1cccnc1Cl)c1cccc(Br)c1. The Morgan fingerprint density at radius 1 is 1.29 bits per heavy atom. The molecular formula is C12H8BrClN2O. The van der Waals surface area contributed by atoms with Gasteiger partial charge in [-0.25, -0.2) is 4.98 Å². The molecule has 1 amide bonds. The van der Waals surface area contributed by atoms with Crippen LogP contribution in [-0.2, 0) is 0 Å². The van der Waals surface area contributed by atoms with E-state index >= 15 is 0 Å². The average Bonchev–Trinajstić information content (AvgIpc) is 2.32. The number of carbonyl (C=O) groups is 1. The largest absolute Gasteiger partial charge is 0.319 e. The van der Waals surface area contributed by atoms with Crippen molar-refractivity contribution in [2.75, 3.05) is 5.32 Å². The summed E-state index contributed by atoms with van der Waals surface area (Å²) in [6.07, 6.45) is 1.57. The van der Waals surface area contributed by atoms with Gasteiger partial charge in [0, 0.05) is 16.2 Å². The highest BCUT2D eigenvalue weighted by atomic mass is 79.9. The summed E-state index contributed by atoms with van der Waals surface area (Å²) in [6.45, 7) is 0. The molecule has 0 spiro atoms. The van der Waals surface area contributed by atoms with Crippen LogP contribution in [0.5, 0.6) is 0 Å². The Morgan fingerprint density at radius 3 is 2.82 bits per heavy atom. The Labute approximate surface area is 112 Å². The monoisotopic (exact) mass is 310 g/mol. The van der Waals surface area contributed by atoms with Gasteiger partial charge in [-0.2, -0.15) is 0 Å². The summed E-state index contributed by atoms with van der Waals surface area (Å²) in [6, 6.07) is 10.5. The Balaban J connectivity index is 2.20. The second kappa shape index (κ2) is 5.29. The van der Waals surface area contributed by atoms with Gasteiger partial charge in [0.05, 0.1) is 5.69 Å². The summed E-state index contributed by atoms with van der Waals surface area (Å²) in [5.41, 5.74) is 1.05. The third-order valence-electron chi connectivity index (χ3n) is 2.09. The van der Waals surface area contributed by atoms with Crippen LogP contribution in [0.25, 0.3) is 0 Å². The molecule has 5 heteroatoms. The van der Waals surface area contributed by atoms with E-state index in [0.29, 0.717) is 11.3 Å². The highest BCUT2D eigenvalue weighted by Gasteiger charge is 2.08. The van der Waals surface area contributed by atoms with Gasteiger partial charge >= 0.3 is 0 Å². The van der Waals surface area contributed by atoms with E-state index in [4.69, 9.17) is 11.6 Å². The van der Waals surface area contributed by atoms with Crippen molar-refractivity contribution in [3.8, 4) is 0 Å². The summed E-state index contributed by atoms with van der Waals surface area (Å²) in [7, 11) is 0. The Bertz CT molecular complexity index is 560. The predicted molar refractivity (Wildman–Crippen MR) is 71.3 cm³/mol. The number of benzene rings is 1. The number of nitrogens with one attached hydrogen (secondary N) is 1. The van der Waals surface area contributed by atoms with Crippen molar-refractivity contribution >= 4 is 39.1 Å². The lowest BCUT2D eigenvalue weighted by atomic mass is 10.2. The van der Waals surface area contributed by atoms with E-state index in [1.165, 1.54) is 0 Å². The molecule has 1 aromatic carbocycles. The zero-order chi connectivity index (χ0) is 12.3. The summed E-state index contributed by atoms with van der Waals surface area (Å²) in [5, 5.41) is 2.97. The van der Waals surface area contributed by atoms with Crippen molar-refractivity contribution in [3.05, 3.63) is 57.8 Å². The second-order valence-corrected chi connectivity index (χ2v) is 4.58. The van der Waals surface area contributed by atoms with Crippen molar-refractivity contribution in [3.63, 3.8) is 0 Å². The first-order chi connectivity index (χ1) is 8.16. The summed E-state index contributed by atoms with van der Waals surface area (Å²) in [5.74, 6) is -0.221. The molecule has 0 bridgehead atoms. The Kier molecular flexibility index (Phi) is 3.76. The fourth-order valence-electron chi connectivity index (χ4n) is 1.30. The highest BCUT2D eigenvalue weighted by Crippen LogP contribution is 2.19. The van der Waals surface area contributed by atoms with Crippen molar-refractivity contribution in [2.24, 2.45) is 0 Å². The lowest BCUT2D eigenvalue weighted by Gasteiger charge is -2.06. The van der Waals surface area contributed by atoms with Crippen LogP contribution in [0.1, 0.15) is 10.4 Å². The average molecular weight is 312 g/mol. The smallest absolute Gasteiger partial charge is 0.255 e. The molecule has 0 unspecified atom stereocenters. The lowest BCUT2D eigenvalue weighted by Crippen LogP contribution is -2.12. The van der Waals surface area contributed by atoms with Crippen molar-refractivity contribution in [1.29, 1.82) is 0 Å². The van der Waals surface area contributed by atoms with Gasteiger partial charge in [0.25, 0.3) is 5.91 Å². The molecule has 86 valence electrons. The molecule has 0 saturated carbocycles. The van der Waals surface area contributed by atoms with E-state index in [1.54, 1.807) is 36.5 Å². The molecule has 1 aromatic heterocycles. The molecule has 0 radical (unpaired) electrons. The second-order valence-electron chi connectivity index (χ2n) is 3.31. The van der Waals surface area contributed by atoms with Crippen LogP contribution in [0.3, 0.4) is 0 Å². The van der Waals surface area contributed by atoms with Crippen molar-refractivity contribution in [2.45, 2.75) is 0 Å².